The summed E-state index contributed by atoms with van der Waals surface area (Å²) in [6.07, 6.45) is 13.0. The first-order chi connectivity index (χ1) is 54.5. The maximum absolute atomic E-state index is 4.80. The molecule has 0 radical (unpaired) electrons. The number of hydrogen-bond donors (Lipinski definition) is 0. The van der Waals surface area contributed by atoms with Crippen molar-refractivity contribution < 1.29 is 0 Å². The predicted octanol–water partition coefficient (Wildman–Crippen LogP) is 28.7. The van der Waals surface area contributed by atoms with Gasteiger partial charge in [0.25, 0.3) is 0 Å². The van der Waals surface area contributed by atoms with Crippen molar-refractivity contribution in [2.75, 3.05) is 0 Å². The van der Waals surface area contributed by atoms with Crippen molar-refractivity contribution in [3.63, 3.8) is 0 Å². The molecule has 0 aliphatic rings. The molecule has 5 aromatic heterocycles. The molecule has 0 aliphatic carbocycles. The zero-order valence-corrected chi connectivity index (χ0v) is 64.6. The van der Waals surface area contributed by atoms with E-state index in [1.54, 1.807) is 0 Å². The minimum absolute atomic E-state index is 0.121. The fourth-order valence-electron chi connectivity index (χ4n) is 14.9. The van der Waals surface area contributed by atoms with Gasteiger partial charge < -0.3 is 0 Å². The number of hydrogen-bond acceptors (Lipinski definition) is 5. The lowest BCUT2D eigenvalue weighted by molar-refractivity contribution is 0.590. The van der Waals surface area contributed by atoms with E-state index in [1.807, 2.05) is 67.6 Å². The lowest BCUT2D eigenvalue weighted by atomic mass is 9.85. The smallest absolute Gasteiger partial charge is 0.0780 e. The molecule has 0 amide bonds. The van der Waals surface area contributed by atoms with Crippen LogP contribution in [-0.2, 0) is 10.8 Å². The Morgan fingerprint density at radius 2 is 0.402 bits per heavy atom. The van der Waals surface area contributed by atoms with Crippen LogP contribution in [0.3, 0.4) is 0 Å². The summed E-state index contributed by atoms with van der Waals surface area (Å²) in [7, 11) is 0. The monoisotopic (exact) mass is 1440 g/mol. The summed E-state index contributed by atoms with van der Waals surface area (Å²) in [6.45, 7) is 17.8. The van der Waals surface area contributed by atoms with E-state index >= 15 is 0 Å². The highest BCUT2D eigenvalue weighted by Crippen LogP contribution is 2.41. The minimum atomic E-state index is 0.121. The van der Waals surface area contributed by atoms with Crippen LogP contribution in [0.5, 0.6) is 0 Å². The summed E-state index contributed by atoms with van der Waals surface area (Å²) in [5, 5.41) is 7.10. The number of nitrogens with zero attached hydrogens (tertiary/aromatic N) is 5. The van der Waals surface area contributed by atoms with Gasteiger partial charge in [0.05, 0.1) is 17.1 Å². The number of benzene rings is 13. The minimum Gasteiger partial charge on any atom is -0.265 e. The third kappa shape index (κ3) is 16.4. The van der Waals surface area contributed by atoms with Gasteiger partial charge in [-0.05, 0) is 267 Å². The van der Waals surface area contributed by atoms with E-state index in [4.69, 9.17) is 15.0 Å². The summed E-state index contributed by atoms with van der Waals surface area (Å²) < 4.78 is 0. The largest absolute Gasteiger partial charge is 0.265 e. The SMILES string of the molecule is CC(C)(C)c1ccc(-c2cc(-c3ccc(C(C)(C)C)cc3)cc(-c3cccc(-c4nccc5ccccc45)c3)c2)cc1.Cc1ccc(-c2cc(-c3ccc(C)cc3)cc(-c3cccc(-c4nccc5ccccc45)c3)c2)cc1.c1cc(-c2cc(-c3ccncc3)cc(-c3ccncc3)c2)cc(-c2nccc3ccccc23)c1. The molecule has 5 heteroatoms. The molecule has 18 aromatic rings. The first kappa shape index (κ1) is 72.6. The molecule has 0 bridgehead atoms. The lowest BCUT2D eigenvalue weighted by Crippen LogP contribution is -2.10. The van der Waals surface area contributed by atoms with E-state index in [1.165, 1.54) is 116 Å². The first-order valence-electron chi connectivity index (χ1n) is 38.5. The van der Waals surface area contributed by atoms with Crippen molar-refractivity contribution in [1.82, 2.24) is 24.9 Å². The van der Waals surface area contributed by atoms with Gasteiger partial charge in [-0.2, -0.15) is 0 Å². The van der Waals surface area contributed by atoms with Crippen LogP contribution in [0.1, 0.15) is 63.8 Å². The molecule has 0 saturated heterocycles. The highest BCUT2D eigenvalue weighted by atomic mass is 14.7. The molecule has 0 spiro atoms. The third-order valence-corrected chi connectivity index (χ3v) is 21.2. The molecule has 540 valence electrons. The molecule has 5 nitrogen and oxygen atoms in total. The van der Waals surface area contributed by atoms with Crippen LogP contribution in [0.15, 0.2) is 383 Å². The normalized spacial score (nSPS) is 11.4. The zero-order chi connectivity index (χ0) is 76.7. The van der Waals surface area contributed by atoms with E-state index in [-0.39, 0.29) is 10.8 Å². The summed E-state index contributed by atoms with van der Waals surface area (Å²) in [4.78, 5) is 22.7. The first-order valence-corrected chi connectivity index (χ1v) is 38.5. The number of fused-ring (bicyclic) bond motifs is 3. The fraction of sp³-hybridized carbons (Fsp3) is 0.0935. The van der Waals surface area contributed by atoms with E-state index in [9.17, 15) is 0 Å². The van der Waals surface area contributed by atoms with Crippen LogP contribution >= 0.6 is 0 Å². The van der Waals surface area contributed by atoms with Crippen molar-refractivity contribution >= 4 is 32.3 Å². The standard InChI is InChI=1S/C41H39N.C35H27N.C31H21N3/c1-40(2,3)36-18-14-28(15-19-36)33-25-34(29-16-20-37(21-17-29)41(4,5)6)27-35(26-33)31-11-9-12-32(24-31)39-38-13-8-7-10-30(38)22-23-42-39;1-24-10-14-26(15-11-24)31-21-32(27-16-12-25(2)13-17-27)23-33(22-31)29-7-5-8-30(20-29)35-34-9-4-3-6-28(34)18-19-36-35;1-2-7-30-24(4-1)12-17-34-31(30)26-6-3-5-25(18-26)29-20-27(22-8-13-32-14-9-22)19-28(21-29)23-10-15-33-16-11-23/h7-27H,1-6H3;3-23H,1-2H3;1-21H. The Labute approximate surface area is 658 Å². The lowest BCUT2D eigenvalue weighted by Gasteiger charge is -2.20. The van der Waals surface area contributed by atoms with Crippen molar-refractivity contribution in [2.45, 2.75) is 66.2 Å². The third-order valence-electron chi connectivity index (χ3n) is 21.2. The van der Waals surface area contributed by atoms with Gasteiger partial charge in [0, 0.05) is 76.2 Å². The Hall–Kier alpha value is -13.6. The van der Waals surface area contributed by atoms with Gasteiger partial charge in [-0.3, -0.25) is 24.9 Å². The predicted molar refractivity (Wildman–Crippen MR) is 473 cm³/mol. The van der Waals surface area contributed by atoms with Crippen LogP contribution in [0.2, 0.25) is 0 Å². The van der Waals surface area contributed by atoms with Gasteiger partial charge in [-0.15, -0.1) is 0 Å². The van der Waals surface area contributed by atoms with Crippen LogP contribution in [0, 0.1) is 13.8 Å². The Kier molecular flexibility index (Phi) is 20.7. The number of pyridine rings is 5. The average Bonchev–Trinajstić information content (AvgIpc) is 0.794. The topological polar surface area (TPSA) is 64.5 Å². The fourth-order valence-corrected chi connectivity index (χ4v) is 14.9. The van der Waals surface area contributed by atoms with Gasteiger partial charge in [-0.1, -0.05) is 277 Å². The summed E-state index contributed by atoms with van der Waals surface area (Å²) >= 11 is 0. The van der Waals surface area contributed by atoms with Crippen molar-refractivity contribution in [2.24, 2.45) is 0 Å². The zero-order valence-electron chi connectivity index (χ0n) is 64.6. The van der Waals surface area contributed by atoms with Crippen molar-refractivity contribution in [3.05, 3.63) is 405 Å². The second kappa shape index (κ2) is 31.9. The quantitative estimate of drug-likeness (QED) is 0.122. The van der Waals surface area contributed by atoms with Gasteiger partial charge in [0.1, 0.15) is 0 Å². The van der Waals surface area contributed by atoms with Crippen LogP contribution in [0.25, 0.3) is 166 Å². The summed E-state index contributed by atoms with van der Waals surface area (Å²) in [5.74, 6) is 0. The van der Waals surface area contributed by atoms with E-state index < -0.39 is 0 Å². The molecule has 5 heterocycles. The van der Waals surface area contributed by atoms with Gasteiger partial charge in [0.2, 0.25) is 0 Å². The van der Waals surface area contributed by atoms with E-state index in [0.717, 1.165) is 72.5 Å². The van der Waals surface area contributed by atoms with Gasteiger partial charge in [-0.25, -0.2) is 0 Å². The molecule has 0 saturated carbocycles. The second-order valence-electron chi connectivity index (χ2n) is 31.1. The maximum atomic E-state index is 4.80. The molecule has 0 fully saturated rings. The van der Waals surface area contributed by atoms with E-state index in [2.05, 4.69) is 381 Å². The number of aromatic nitrogens is 5. The van der Waals surface area contributed by atoms with Crippen LogP contribution < -0.4 is 0 Å². The molecule has 112 heavy (non-hydrogen) atoms. The molecule has 0 atom stereocenters. The molecule has 0 N–H and O–H groups in total. The molecule has 13 aromatic carbocycles. The van der Waals surface area contributed by atoms with Crippen molar-refractivity contribution in [3.8, 4) is 134 Å². The highest BCUT2D eigenvalue weighted by Gasteiger charge is 2.19. The van der Waals surface area contributed by atoms with Crippen molar-refractivity contribution in [1.29, 1.82) is 0 Å². The van der Waals surface area contributed by atoms with Crippen LogP contribution in [-0.4, -0.2) is 24.9 Å². The average molecular weight is 1440 g/mol. The Morgan fingerprint density at radius 1 is 0.179 bits per heavy atom. The summed E-state index contributed by atoms with van der Waals surface area (Å²) in [6, 6.07) is 122. The molecule has 18 rings (SSSR count). The molecular formula is C107H87N5. The molecule has 0 unspecified atom stereocenters. The van der Waals surface area contributed by atoms with E-state index in [0.29, 0.717) is 0 Å². The van der Waals surface area contributed by atoms with Crippen LogP contribution in [0.4, 0.5) is 0 Å². The van der Waals surface area contributed by atoms with Gasteiger partial charge in [0.15, 0.2) is 0 Å². The molecule has 0 aliphatic heterocycles. The highest BCUT2D eigenvalue weighted by molar-refractivity contribution is 5.98. The number of aryl methyl sites for hydroxylation is 2. The number of rotatable bonds is 12. The van der Waals surface area contributed by atoms with Gasteiger partial charge >= 0.3 is 0 Å². The maximum Gasteiger partial charge on any atom is 0.0780 e. The Balaban J connectivity index is 0.000000128. The molecular weight excluding hydrogens is 1360 g/mol. The Morgan fingerprint density at radius 3 is 0.670 bits per heavy atom. The Bertz CT molecular complexity index is 6160. The second-order valence-corrected chi connectivity index (χ2v) is 31.1. The summed E-state index contributed by atoms with van der Waals surface area (Å²) in [5.41, 5.74) is 33.3.